The zero-order valence-electron chi connectivity index (χ0n) is 13.0. The number of hydrogen-bond acceptors (Lipinski definition) is 2. The first-order valence-electron chi connectivity index (χ1n) is 7.30. The number of rotatable bonds is 6. The second kappa shape index (κ2) is 6.89. The topological polar surface area (TPSA) is 43.8 Å². The van der Waals surface area contributed by atoms with Gasteiger partial charge in [-0.1, -0.05) is 27.7 Å². The summed E-state index contributed by atoms with van der Waals surface area (Å²) in [6.45, 7) is 11.8. The predicted molar refractivity (Wildman–Crippen MR) is 85.3 cm³/mol. The van der Waals surface area contributed by atoms with Gasteiger partial charge in [0.1, 0.15) is 0 Å². The fourth-order valence-electron chi connectivity index (χ4n) is 2.18. The molecule has 1 rings (SSSR count). The molecule has 0 spiro atoms. The van der Waals surface area contributed by atoms with E-state index in [9.17, 15) is 0 Å². The van der Waals surface area contributed by atoms with E-state index in [-0.39, 0.29) is 11.5 Å². The number of aryl methyl sites for hydroxylation is 2. The van der Waals surface area contributed by atoms with Crippen molar-refractivity contribution in [1.29, 1.82) is 0 Å². The van der Waals surface area contributed by atoms with Crippen LogP contribution in [0.25, 0.3) is 0 Å². The average Bonchev–Trinajstić information content (AvgIpc) is 2.64. The minimum absolute atomic E-state index is 0.191. The molecule has 1 aromatic heterocycles. The van der Waals surface area contributed by atoms with Crippen LogP contribution in [0.1, 0.15) is 58.8 Å². The molecule has 0 fully saturated rings. The molecule has 0 radical (unpaired) electrons. The molecule has 0 saturated heterocycles. The fraction of sp³-hybridized carbons (Fsp3) is 0.800. The van der Waals surface area contributed by atoms with Gasteiger partial charge in [-0.25, -0.2) is 0 Å². The number of halogens is 1. The van der Waals surface area contributed by atoms with Gasteiger partial charge >= 0.3 is 0 Å². The summed E-state index contributed by atoms with van der Waals surface area (Å²) >= 11 is 3.70. The first-order valence-corrected chi connectivity index (χ1v) is 8.10. The third kappa shape index (κ3) is 4.32. The summed E-state index contributed by atoms with van der Waals surface area (Å²) in [6.07, 6.45) is 4.20. The van der Waals surface area contributed by atoms with Crippen molar-refractivity contribution in [2.24, 2.45) is 11.1 Å². The summed E-state index contributed by atoms with van der Waals surface area (Å²) in [7, 11) is 0. The van der Waals surface area contributed by atoms with Crippen LogP contribution in [0.15, 0.2) is 4.47 Å². The minimum Gasteiger partial charge on any atom is -0.327 e. The summed E-state index contributed by atoms with van der Waals surface area (Å²) in [5.41, 5.74) is 8.90. The molecular formula is C15H28BrN3. The Hall–Kier alpha value is -0.350. The predicted octanol–water partition coefficient (Wildman–Crippen LogP) is 3.92. The lowest BCUT2D eigenvalue weighted by Crippen LogP contribution is -2.34. The lowest BCUT2D eigenvalue weighted by Gasteiger charge is -2.27. The second-order valence-electron chi connectivity index (χ2n) is 6.24. The second-order valence-corrected chi connectivity index (χ2v) is 7.03. The van der Waals surface area contributed by atoms with E-state index in [1.54, 1.807) is 0 Å². The number of nitrogens with two attached hydrogens (primary N) is 1. The summed E-state index contributed by atoms with van der Waals surface area (Å²) < 4.78 is 3.31. The van der Waals surface area contributed by atoms with Crippen molar-refractivity contribution in [1.82, 2.24) is 9.78 Å². The molecule has 3 nitrogen and oxygen atoms in total. The van der Waals surface area contributed by atoms with E-state index < -0.39 is 0 Å². The Morgan fingerprint density at radius 3 is 2.42 bits per heavy atom. The van der Waals surface area contributed by atoms with Gasteiger partial charge in [0.05, 0.1) is 15.9 Å². The zero-order valence-corrected chi connectivity index (χ0v) is 14.5. The van der Waals surface area contributed by atoms with Gasteiger partial charge in [0.2, 0.25) is 0 Å². The van der Waals surface area contributed by atoms with Gasteiger partial charge in [0, 0.05) is 12.6 Å². The smallest absolute Gasteiger partial charge is 0.0766 e. The van der Waals surface area contributed by atoms with Gasteiger partial charge in [-0.05, 0) is 54.0 Å². The number of hydrogen-bond donors (Lipinski definition) is 1. The number of aromatic nitrogens is 2. The highest BCUT2D eigenvalue weighted by molar-refractivity contribution is 9.10. The molecule has 2 N–H and O–H groups in total. The third-order valence-corrected chi connectivity index (χ3v) is 4.65. The van der Waals surface area contributed by atoms with E-state index in [4.69, 9.17) is 5.73 Å². The minimum atomic E-state index is 0.191. The molecule has 110 valence electrons. The molecule has 0 bridgehead atoms. The molecular weight excluding hydrogens is 302 g/mol. The average molecular weight is 330 g/mol. The summed E-state index contributed by atoms with van der Waals surface area (Å²) in [6, 6.07) is 0.259. The van der Waals surface area contributed by atoms with E-state index in [1.165, 1.54) is 10.2 Å². The van der Waals surface area contributed by atoms with Crippen LogP contribution in [-0.2, 0) is 19.4 Å². The summed E-state index contributed by atoms with van der Waals surface area (Å²) in [4.78, 5) is 0. The highest BCUT2D eigenvalue weighted by Gasteiger charge is 2.20. The maximum atomic E-state index is 6.22. The highest BCUT2D eigenvalue weighted by atomic mass is 79.9. The molecule has 19 heavy (non-hydrogen) atoms. The normalized spacial score (nSPS) is 13.8. The Balaban J connectivity index is 2.65. The monoisotopic (exact) mass is 329 g/mol. The largest absolute Gasteiger partial charge is 0.327 e. The molecule has 1 aromatic rings. The van der Waals surface area contributed by atoms with Crippen LogP contribution >= 0.6 is 15.9 Å². The van der Waals surface area contributed by atoms with Gasteiger partial charge in [-0.15, -0.1) is 0 Å². The first-order chi connectivity index (χ1) is 8.81. The van der Waals surface area contributed by atoms with E-state index in [0.29, 0.717) is 0 Å². The van der Waals surface area contributed by atoms with Gasteiger partial charge in [-0.3, -0.25) is 4.68 Å². The van der Waals surface area contributed by atoms with Crippen molar-refractivity contribution < 1.29 is 0 Å². The molecule has 0 amide bonds. The zero-order chi connectivity index (χ0) is 14.6. The molecule has 0 aliphatic heterocycles. The molecule has 1 atom stereocenters. The van der Waals surface area contributed by atoms with Crippen molar-refractivity contribution in [3.63, 3.8) is 0 Å². The van der Waals surface area contributed by atoms with Crippen LogP contribution in [0.5, 0.6) is 0 Å². The Morgan fingerprint density at radius 1 is 1.32 bits per heavy atom. The quantitative estimate of drug-likeness (QED) is 0.859. The van der Waals surface area contributed by atoms with Gasteiger partial charge < -0.3 is 5.73 Å². The van der Waals surface area contributed by atoms with Crippen LogP contribution in [0.2, 0.25) is 0 Å². The van der Waals surface area contributed by atoms with E-state index in [1.807, 2.05) is 0 Å². The molecule has 1 unspecified atom stereocenters. The van der Waals surface area contributed by atoms with Crippen LogP contribution in [0.4, 0.5) is 0 Å². The maximum Gasteiger partial charge on any atom is 0.0766 e. The molecule has 0 aliphatic carbocycles. The van der Waals surface area contributed by atoms with Gasteiger partial charge in [-0.2, -0.15) is 5.10 Å². The lowest BCUT2D eigenvalue weighted by molar-refractivity contribution is 0.300. The fourth-order valence-corrected chi connectivity index (χ4v) is 2.94. The van der Waals surface area contributed by atoms with Crippen molar-refractivity contribution in [3.8, 4) is 0 Å². The SMILES string of the molecule is CCc1nn(CC)c(CCCC(N)C(C)(C)C)c1Br. The van der Waals surface area contributed by atoms with Crippen LogP contribution in [-0.4, -0.2) is 15.8 Å². The highest BCUT2D eigenvalue weighted by Crippen LogP contribution is 2.26. The molecule has 0 saturated carbocycles. The lowest BCUT2D eigenvalue weighted by atomic mass is 9.84. The Kier molecular flexibility index (Phi) is 6.06. The molecule has 1 heterocycles. The van der Waals surface area contributed by atoms with Gasteiger partial charge in [0.15, 0.2) is 0 Å². The van der Waals surface area contributed by atoms with E-state index in [0.717, 1.165) is 37.9 Å². The van der Waals surface area contributed by atoms with Crippen molar-refractivity contribution in [2.75, 3.05) is 0 Å². The van der Waals surface area contributed by atoms with E-state index >= 15 is 0 Å². The van der Waals surface area contributed by atoms with Crippen LogP contribution in [0, 0.1) is 5.41 Å². The third-order valence-electron chi connectivity index (χ3n) is 3.74. The first kappa shape index (κ1) is 16.7. The standard InChI is InChI=1S/C15H28BrN3/c1-6-11-14(16)12(19(7-2)18-11)9-8-10-13(17)15(3,4)5/h13H,6-10,17H2,1-5H3. The maximum absolute atomic E-state index is 6.22. The molecule has 4 heteroatoms. The Morgan fingerprint density at radius 2 is 1.95 bits per heavy atom. The summed E-state index contributed by atoms with van der Waals surface area (Å²) in [5.74, 6) is 0. The number of nitrogens with zero attached hydrogens (tertiary/aromatic N) is 2. The van der Waals surface area contributed by atoms with Crippen molar-refractivity contribution in [3.05, 3.63) is 15.9 Å². The van der Waals surface area contributed by atoms with Crippen molar-refractivity contribution >= 4 is 15.9 Å². The Bertz CT molecular complexity index is 404. The Labute approximate surface area is 126 Å². The summed E-state index contributed by atoms with van der Waals surface area (Å²) in [5, 5.41) is 4.63. The van der Waals surface area contributed by atoms with Crippen LogP contribution in [0.3, 0.4) is 0 Å². The molecule has 0 aliphatic rings. The van der Waals surface area contributed by atoms with Crippen molar-refractivity contribution in [2.45, 2.75) is 72.9 Å². The molecule has 0 aromatic carbocycles. The van der Waals surface area contributed by atoms with Crippen LogP contribution < -0.4 is 5.73 Å². The van der Waals surface area contributed by atoms with Gasteiger partial charge in [0.25, 0.3) is 0 Å². The van der Waals surface area contributed by atoms with E-state index in [2.05, 4.69) is 60.3 Å².